The first-order chi connectivity index (χ1) is 12.9. The summed E-state index contributed by atoms with van der Waals surface area (Å²) < 4.78 is 18.4. The molecule has 3 aromatic rings. The molecule has 0 aliphatic heterocycles. The average Bonchev–Trinajstić information content (AvgIpc) is 3.27. The summed E-state index contributed by atoms with van der Waals surface area (Å²) in [6.45, 7) is 4.28. The highest BCUT2D eigenvalue weighted by Gasteiger charge is 2.09. The number of hydrogen-bond donors (Lipinski definition) is 1. The fourth-order valence-corrected chi connectivity index (χ4v) is 2.75. The topological polar surface area (TPSA) is 77.6 Å². The van der Waals surface area contributed by atoms with Crippen molar-refractivity contribution in [3.8, 4) is 5.69 Å². The summed E-state index contributed by atoms with van der Waals surface area (Å²) >= 11 is 3.28. The molecule has 1 amide bonds. The van der Waals surface area contributed by atoms with Crippen LogP contribution < -0.4 is 5.32 Å². The number of benzene rings is 1. The van der Waals surface area contributed by atoms with Crippen molar-refractivity contribution in [3.63, 3.8) is 0 Å². The molecule has 2 aromatic heterocycles. The van der Waals surface area contributed by atoms with Crippen LogP contribution in [0.3, 0.4) is 0 Å². The number of rotatable bonds is 6. The molecule has 0 aliphatic carbocycles. The van der Waals surface area contributed by atoms with E-state index < -0.39 is 5.82 Å². The van der Waals surface area contributed by atoms with Gasteiger partial charge in [-0.3, -0.25) is 4.79 Å². The molecule has 0 saturated carbocycles. The van der Waals surface area contributed by atoms with Crippen molar-refractivity contribution in [2.45, 2.75) is 26.4 Å². The summed E-state index contributed by atoms with van der Waals surface area (Å²) in [4.78, 5) is 12.0. The Morgan fingerprint density at radius 1 is 1.41 bits per heavy atom. The van der Waals surface area contributed by atoms with Crippen molar-refractivity contribution < 1.29 is 9.18 Å². The number of carbonyl (C=O) groups excluding carboxylic acids is 1. The van der Waals surface area contributed by atoms with E-state index in [0.717, 1.165) is 4.47 Å². The summed E-state index contributed by atoms with van der Waals surface area (Å²) in [5.41, 5.74) is 0.901. The Bertz CT molecular complexity index is 978. The van der Waals surface area contributed by atoms with Crippen LogP contribution in [0.4, 0.5) is 4.39 Å². The van der Waals surface area contributed by atoms with E-state index in [1.807, 2.05) is 18.4 Å². The second kappa shape index (κ2) is 8.26. The number of carbonyl (C=O) groups is 1. The molecule has 0 spiro atoms. The van der Waals surface area contributed by atoms with E-state index in [9.17, 15) is 9.18 Å². The van der Waals surface area contributed by atoms with Crippen molar-refractivity contribution in [1.82, 2.24) is 29.9 Å². The van der Waals surface area contributed by atoms with Crippen LogP contribution >= 0.6 is 15.9 Å². The minimum Gasteiger partial charge on any atom is -0.345 e. The summed E-state index contributed by atoms with van der Waals surface area (Å²) in [6, 6.07) is 4.88. The molecule has 0 bridgehead atoms. The second-order valence-electron chi connectivity index (χ2n) is 6.11. The van der Waals surface area contributed by atoms with E-state index in [1.54, 1.807) is 36.9 Å². The van der Waals surface area contributed by atoms with Gasteiger partial charge >= 0.3 is 0 Å². The Morgan fingerprint density at radius 2 is 2.22 bits per heavy atom. The van der Waals surface area contributed by atoms with Gasteiger partial charge < -0.3 is 9.88 Å². The van der Waals surface area contributed by atoms with Gasteiger partial charge in [-0.25, -0.2) is 9.07 Å². The van der Waals surface area contributed by atoms with Crippen LogP contribution in [0, 0.1) is 5.82 Å². The predicted octanol–water partition coefficient (Wildman–Crippen LogP) is 3.28. The van der Waals surface area contributed by atoms with Gasteiger partial charge in [0.1, 0.15) is 17.8 Å². The van der Waals surface area contributed by atoms with E-state index in [1.165, 1.54) is 16.8 Å². The van der Waals surface area contributed by atoms with Crippen LogP contribution in [0.5, 0.6) is 0 Å². The molecule has 7 nitrogen and oxygen atoms in total. The maximum atomic E-state index is 14.3. The average molecular weight is 433 g/mol. The maximum Gasteiger partial charge on any atom is 0.244 e. The number of hydrogen-bond acceptors (Lipinski definition) is 4. The van der Waals surface area contributed by atoms with Crippen molar-refractivity contribution in [3.05, 3.63) is 64.7 Å². The van der Waals surface area contributed by atoms with Crippen molar-refractivity contribution in [2.75, 3.05) is 0 Å². The summed E-state index contributed by atoms with van der Waals surface area (Å²) in [5.74, 6) is -0.0560. The van der Waals surface area contributed by atoms with Crippen molar-refractivity contribution in [2.24, 2.45) is 0 Å². The summed E-state index contributed by atoms with van der Waals surface area (Å²) in [7, 11) is 0. The molecule has 140 valence electrons. The zero-order valence-electron chi connectivity index (χ0n) is 14.8. The molecule has 0 atom stereocenters. The lowest BCUT2D eigenvalue weighted by Gasteiger charge is -2.09. The number of amides is 1. The molecule has 2 heterocycles. The van der Waals surface area contributed by atoms with Crippen LogP contribution in [0.15, 0.2) is 47.5 Å². The van der Waals surface area contributed by atoms with Crippen molar-refractivity contribution >= 4 is 27.9 Å². The highest BCUT2D eigenvalue weighted by Crippen LogP contribution is 2.18. The van der Waals surface area contributed by atoms with Crippen LogP contribution in [0.2, 0.25) is 0 Å². The minimum atomic E-state index is -0.432. The molecule has 0 unspecified atom stereocenters. The van der Waals surface area contributed by atoms with Gasteiger partial charge in [0.2, 0.25) is 5.91 Å². The Hall–Kier alpha value is -2.81. The van der Waals surface area contributed by atoms with E-state index in [-0.39, 0.29) is 18.5 Å². The second-order valence-corrected chi connectivity index (χ2v) is 7.03. The predicted molar refractivity (Wildman–Crippen MR) is 103 cm³/mol. The first kappa shape index (κ1) is 19.0. The maximum absolute atomic E-state index is 14.3. The van der Waals surface area contributed by atoms with Crippen LogP contribution in [-0.2, 0) is 11.3 Å². The quantitative estimate of drug-likeness (QED) is 0.606. The third-order valence-corrected chi connectivity index (χ3v) is 4.23. The van der Waals surface area contributed by atoms with Gasteiger partial charge in [-0.15, -0.1) is 10.2 Å². The molecule has 0 fully saturated rings. The van der Waals surface area contributed by atoms with Gasteiger partial charge in [0, 0.05) is 18.3 Å². The normalized spacial score (nSPS) is 11.4. The zero-order chi connectivity index (χ0) is 19.4. The van der Waals surface area contributed by atoms with E-state index in [0.29, 0.717) is 17.1 Å². The van der Waals surface area contributed by atoms with E-state index in [2.05, 4.69) is 36.5 Å². The monoisotopic (exact) mass is 432 g/mol. The SMILES string of the molecule is CC(C)n1cnnc1CNC(=O)/C=C/c1ccc(-n2cc(Br)cn2)c(F)c1. The van der Waals surface area contributed by atoms with E-state index in [4.69, 9.17) is 0 Å². The standard InChI is InChI=1S/C18H18BrFN6O/c1-12(2)25-11-22-24-17(25)9-21-18(27)6-4-13-3-5-16(15(20)7-13)26-10-14(19)8-23-26/h3-8,10-12H,9H2,1-2H3,(H,21,27)/b6-4+. The molecular weight excluding hydrogens is 415 g/mol. The van der Waals surface area contributed by atoms with Crippen LogP contribution in [0.1, 0.15) is 31.3 Å². The first-order valence-electron chi connectivity index (χ1n) is 8.28. The lowest BCUT2D eigenvalue weighted by Crippen LogP contribution is -2.23. The molecule has 3 rings (SSSR count). The Kier molecular flexibility index (Phi) is 5.80. The lowest BCUT2D eigenvalue weighted by atomic mass is 10.2. The Morgan fingerprint density at radius 3 is 2.89 bits per heavy atom. The molecule has 9 heteroatoms. The minimum absolute atomic E-state index is 0.208. The Labute approximate surface area is 164 Å². The molecule has 1 aromatic carbocycles. The fraction of sp³-hybridized carbons (Fsp3) is 0.222. The zero-order valence-corrected chi connectivity index (χ0v) is 16.4. The molecule has 0 radical (unpaired) electrons. The molecule has 1 N–H and O–H groups in total. The van der Waals surface area contributed by atoms with E-state index >= 15 is 0 Å². The number of halogens is 2. The third kappa shape index (κ3) is 4.68. The van der Waals surface area contributed by atoms with Gasteiger partial charge in [-0.05, 0) is 53.5 Å². The molecule has 0 saturated heterocycles. The van der Waals surface area contributed by atoms with Crippen LogP contribution in [0.25, 0.3) is 11.8 Å². The molecular formula is C18H18BrFN6O. The smallest absolute Gasteiger partial charge is 0.244 e. The largest absolute Gasteiger partial charge is 0.345 e. The first-order valence-corrected chi connectivity index (χ1v) is 9.07. The summed E-state index contributed by atoms with van der Waals surface area (Å²) in [6.07, 6.45) is 7.78. The van der Waals surface area contributed by atoms with Crippen molar-refractivity contribution in [1.29, 1.82) is 0 Å². The van der Waals surface area contributed by atoms with Gasteiger partial charge in [0.05, 0.1) is 17.2 Å². The van der Waals surface area contributed by atoms with Crippen LogP contribution in [-0.4, -0.2) is 30.5 Å². The van der Waals surface area contributed by atoms with Gasteiger partial charge in [0.25, 0.3) is 0 Å². The summed E-state index contributed by atoms with van der Waals surface area (Å²) in [5, 5.41) is 14.6. The van der Waals surface area contributed by atoms with Gasteiger partial charge in [0.15, 0.2) is 5.82 Å². The number of aromatic nitrogens is 5. The fourth-order valence-electron chi connectivity index (χ4n) is 2.47. The van der Waals surface area contributed by atoms with Gasteiger partial charge in [-0.2, -0.15) is 5.10 Å². The number of nitrogens with one attached hydrogen (secondary N) is 1. The Balaban J connectivity index is 1.62. The third-order valence-electron chi connectivity index (χ3n) is 3.82. The molecule has 0 aliphatic rings. The number of nitrogens with zero attached hydrogens (tertiary/aromatic N) is 5. The van der Waals surface area contributed by atoms with Gasteiger partial charge in [-0.1, -0.05) is 6.07 Å². The lowest BCUT2D eigenvalue weighted by molar-refractivity contribution is -0.116. The highest BCUT2D eigenvalue weighted by molar-refractivity contribution is 9.10. The highest BCUT2D eigenvalue weighted by atomic mass is 79.9. The molecule has 27 heavy (non-hydrogen) atoms.